The van der Waals surface area contributed by atoms with Gasteiger partial charge in [0.05, 0.1) is 12.5 Å². The zero-order valence-corrected chi connectivity index (χ0v) is 9.99. The van der Waals surface area contributed by atoms with Gasteiger partial charge >= 0.3 is 0 Å². The summed E-state index contributed by atoms with van der Waals surface area (Å²) in [6.07, 6.45) is 4.72. The molecule has 3 nitrogen and oxygen atoms in total. The van der Waals surface area contributed by atoms with E-state index in [-0.39, 0.29) is 0 Å². The van der Waals surface area contributed by atoms with Crippen molar-refractivity contribution in [3.05, 3.63) is 24.2 Å². The second kappa shape index (κ2) is 6.64. The highest BCUT2D eigenvalue weighted by Crippen LogP contribution is 2.04. The molecule has 3 heteroatoms. The average Bonchev–Trinajstić information content (AvgIpc) is 2.68. The quantitative estimate of drug-likeness (QED) is 0.747. The Kier molecular flexibility index (Phi) is 5.43. The third-order valence-electron chi connectivity index (χ3n) is 2.53. The van der Waals surface area contributed by atoms with Gasteiger partial charge in [-0.1, -0.05) is 6.92 Å². The highest BCUT2D eigenvalue weighted by molar-refractivity contribution is 5.04. The van der Waals surface area contributed by atoms with E-state index in [4.69, 9.17) is 4.42 Å². The molecule has 0 aliphatic carbocycles. The van der Waals surface area contributed by atoms with E-state index in [9.17, 15) is 0 Å². The van der Waals surface area contributed by atoms with Crippen molar-refractivity contribution in [2.24, 2.45) is 0 Å². The van der Waals surface area contributed by atoms with Gasteiger partial charge in [-0.3, -0.25) is 0 Å². The van der Waals surface area contributed by atoms with Crippen molar-refractivity contribution in [3.8, 4) is 0 Å². The fourth-order valence-electron chi connectivity index (χ4n) is 1.64. The zero-order valence-electron chi connectivity index (χ0n) is 9.99. The van der Waals surface area contributed by atoms with Crippen molar-refractivity contribution in [1.82, 2.24) is 10.2 Å². The number of nitrogens with zero attached hydrogens (tertiary/aromatic N) is 1. The smallest absolute Gasteiger partial charge is 0.0947 e. The number of rotatable bonds is 7. The fourth-order valence-corrected chi connectivity index (χ4v) is 1.64. The van der Waals surface area contributed by atoms with Gasteiger partial charge in [0.2, 0.25) is 0 Å². The van der Waals surface area contributed by atoms with E-state index in [0.717, 1.165) is 19.6 Å². The Balaban J connectivity index is 2.16. The molecule has 0 fully saturated rings. The van der Waals surface area contributed by atoms with E-state index in [1.165, 1.54) is 12.0 Å². The molecule has 15 heavy (non-hydrogen) atoms. The monoisotopic (exact) mass is 210 g/mol. The Morgan fingerprint density at radius 1 is 1.53 bits per heavy atom. The Morgan fingerprint density at radius 3 is 2.93 bits per heavy atom. The van der Waals surface area contributed by atoms with Crippen molar-refractivity contribution < 1.29 is 4.42 Å². The highest BCUT2D eigenvalue weighted by atomic mass is 16.3. The zero-order chi connectivity index (χ0) is 11.1. The Morgan fingerprint density at radius 2 is 2.33 bits per heavy atom. The lowest BCUT2D eigenvalue weighted by Crippen LogP contribution is -2.30. The predicted molar refractivity (Wildman–Crippen MR) is 62.8 cm³/mol. The lowest BCUT2D eigenvalue weighted by molar-refractivity contribution is 0.303. The first kappa shape index (κ1) is 12.3. The molecule has 1 unspecified atom stereocenters. The van der Waals surface area contributed by atoms with Crippen molar-refractivity contribution in [1.29, 1.82) is 0 Å². The molecule has 1 aromatic rings. The standard InChI is InChI=1S/C12H22N2O/c1-4-13-11(2)5-7-14(3)9-12-6-8-15-10-12/h6,8,10-11,13H,4-5,7,9H2,1-3H3. The van der Waals surface area contributed by atoms with Crippen LogP contribution in [0.1, 0.15) is 25.8 Å². The van der Waals surface area contributed by atoms with Crippen LogP contribution in [-0.4, -0.2) is 31.1 Å². The minimum Gasteiger partial charge on any atom is -0.472 e. The summed E-state index contributed by atoms with van der Waals surface area (Å²) < 4.78 is 5.04. The first-order valence-electron chi connectivity index (χ1n) is 5.65. The van der Waals surface area contributed by atoms with E-state index < -0.39 is 0 Å². The SMILES string of the molecule is CCNC(C)CCN(C)Cc1ccoc1. The molecule has 0 aromatic carbocycles. The Hall–Kier alpha value is -0.800. The third kappa shape index (κ3) is 5.00. The lowest BCUT2D eigenvalue weighted by Gasteiger charge is -2.19. The van der Waals surface area contributed by atoms with Crippen LogP contribution in [0.2, 0.25) is 0 Å². The summed E-state index contributed by atoms with van der Waals surface area (Å²) in [5.74, 6) is 0. The summed E-state index contributed by atoms with van der Waals surface area (Å²) in [5, 5.41) is 3.41. The van der Waals surface area contributed by atoms with Gasteiger partial charge in [0.15, 0.2) is 0 Å². The Bertz CT molecular complexity index is 246. The second-order valence-electron chi connectivity index (χ2n) is 4.12. The van der Waals surface area contributed by atoms with E-state index >= 15 is 0 Å². The average molecular weight is 210 g/mol. The third-order valence-corrected chi connectivity index (χ3v) is 2.53. The predicted octanol–water partition coefficient (Wildman–Crippen LogP) is 2.10. The van der Waals surface area contributed by atoms with Crippen LogP contribution in [0.5, 0.6) is 0 Å². The topological polar surface area (TPSA) is 28.4 Å². The van der Waals surface area contributed by atoms with Crippen LogP contribution < -0.4 is 5.32 Å². The molecule has 0 saturated heterocycles. The van der Waals surface area contributed by atoms with Gasteiger partial charge in [0, 0.05) is 18.2 Å². The normalized spacial score (nSPS) is 13.3. The van der Waals surface area contributed by atoms with Gasteiger partial charge in [-0.05, 0) is 39.5 Å². The molecule has 1 aromatic heterocycles. The first-order valence-corrected chi connectivity index (χ1v) is 5.65. The van der Waals surface area contributed by atoms with E-state index in [0.29, 0.717) is 6.04 Å². The maximum atomic E-state index is 5.04. The molecule has 1 N–H and O–H groups in total. The van der Waals surface area contributed by atoms with Crippen molar-refractivity contribution in [3.63, 3.8) is 0 Å². The molecule has 0 radical (unpaired) electrons. The summed E-state index contributed by atoms with van der Waals surface area (Å²) in [7, 11) is 2.14. The van der Waals surface area contributed by atoms with Gasteiger partial charge in [-0.15, -0.1) is 0 Å². The van der Waals surface area contributed by atoms with E-state index in [2.05, 4.69) is 31.1 Å². The maximum Gasteiger partial charge on any atom is 0.0947 e. The van der Waals surface area contributed by atoms with Gasteiger partial charge in [0.1, 0.15) is 0 Å². The molecule has 0 bridgehead atoms. The summed E-state index contributed by atoms with van der Waals surface area (Å²) in [4.78, 5) is 2.32. The van der Waals surface area contributed by atoms with Crippen LogP contribution in [0.3, 0.4) is 0 Å². The molecule has 1 rings (SSSR count). The minimum absolute atomic E-state index is 0.599. The largest absolute Gasteiger partial charge is 0.472 e. The van der Waals surface area contributed by atoms with Crippen molar-refractivity contribution in [2.45, 2.75) is 32.9 Å². The number of hydrogen-bond donors (Lipinski definition) is 1. The summed E-state index contributed by atoms with van der Waals surface area (Å²) >= 11 is 0. The van der Waals surface area contributed by atoms with E-state index in [1.807, 2.05) is 12.3 Å². The molecule has 0 amide bonds. The van der Waals surface area contributed by atoms with Crippen LogP contribution in [0.4, 0.5) is 0 Å². The molecule has 1 heterocycles. The summed E-state index contributed by atoms with van der Waals surface area (Å²) in [6.45, 7) is 7.50. The minimum atomic E-state index is 0.599. The molecular formula is C12H22N2O. The molecular weight excluding hydrogens is 188 g/mol. The first-order chi connectivity index (χ1) is 7.22. The van der Waals surface area contributed by atoms with Crippen LogP contribution >= 0.6 is 0 Å². The summed E-state index contributed by atoms with van der Waals surface area (Å²) in [6, 6.07) is 2.62. The maximum absolute atomic E-state index is 5.04. The summed E-state index contributed by atoms with van der Waals surface area (Å²) in [5.41, 5.74) is 1.24. The molecule has 0 spiro atoms. The van der Waals surface area contributed by atoms with E-state index in [1.54, 1.807) is 6.26 Å². The van der Waals surface area contributed by atoms with Crippen LogP contribution in [0.15, 0.2) is 23.0 Å². The molecule has 0 aliphatic rings. The van der Waals surface area contributed by atoms with Crippen molar-refractivity contribution in [2.75, 3.05) is 20.1 Å². The molecule has 0 aliphatic heterocycles. The lowest BCUT2D eigenvalue weighted by atomic mass is 10.2. The fraction of sp³-hybridized carbons (Fsp3) is 0.667. The molecule has 1 atom stereocenters. The van der Waals surface area contributed by atoms with Crippen LogP contribution in [0.25, 0.3) is 0 Å². The van der Waals surface area contributed by atoms with Gasteiger partial charge in [0.25, 0.3) is 0 Å². The van der Waals surface area contributed by atoms with Gasteiger partial charge in [-0.25, -0.2) is 0 Å². The number of hydrogen-bond acceptors (Lipinski definition) is 3. The van der Waals surface area contributed by atoms with Crippen LogP contribution in [-0.2, 0) is 6.54 Å². The number of nitrogens with one attached hydrogen (secondary N) is 1. The van der Waals surface area contributed by atoms with Gasteiger partial charge < -0.3 is 14.6 Å². The van der Waals surface area contributed by atoms with Crippen LogP contribution in [0, 0.1) is 0 Å². The second-order valence-corrected chi connectivity index (χ2v) is 4.12. The van der Waals surface area contributed by atoms with Crippen molar-refractivity contribution >= 4 is 0 Å². The number of furan rings is 1. The molecule has 86 valence electrons. The van der Waals surface area contributed by atoms with Gasteiger partial charge in [-0.2, -0.15) is 0 Å². The Labute approximate surface area is 92.5 Å². The highest BCUT2D eigenvalue weighted by Gasteiger charge is 2.04. The molecule has 0 saturated carbocycles.